The van der Waals surface area contributed by atoms with Crippen LogP contribution in [-0.2, 0) is 20.7 Å². The van der Waals surface area contributed by atoms with Crippen molar-refractivity contribution >= 4 is 17.9 Å². The van der Waals surface area contributed by atoms with Gasteiger partial charge in [-0.3, -0.25) is 10.1 Å². The molecule has 0 aliphatic heterocycles. The minimum atomic E-state index is -0.702. The third-order valence-electron chi connectivity index (χ3n) is 4.21. The summed E-state index contributed by atoms with van der Waals surface area (Å²) in [6, 6.07) is 12.8. The Balaban J connectivity index is 1.53. The van der Waals surface area contributed by atoms with E-state index in [9.17, 15) is 14.4 Å². The Hall–Kier alpha value is -3.19. The number of imide groups is 1. The van der Waals surface area contributed by atoms with Crippen molar-refractivity contribution in [3.63, 3.8) is 0 Å². The number of carbonyl (C=O) groups is 3. The fourth-order valence-electron chi connectivity index (χ4n) is 2.96. The van der Waals surface area contributed by atoms with Crippen LogP contribution >= 0.6 is 0 Å². The highest BCUT2D eigenvalue weighted by Gasteiger charge is 2.20. The van der Waals surface area contributed by atoms with Crippen LogP contribution in [0.25, 0.3) is 11.1 Å². The second-order valence-corrected chi connectivity index (χ2v) is 6.08. The first-order valence-electron chi connectivity index (χ1n) is 8.53. The fourth-order valence-corrected chi connectivity index (χ4v) is 2.96. The predicted octanol–water partition coefficient (Wildman–Crippen LogP) is 1.89. The van der Waals surface area contributed by atoms with E-state index in [1.807, 2.05) is 18.2 Å². The number of hydrogen-bond donors (Lipinski definition) is 2. The molecule has 0 radical (unpaired) electrons. The molecule has 27 heavy (non-hydrogen) atoms. The summed E-state index contributed by atoms with van der Waals surface area (Å²) in [5.41, 5.74) is 4.92. The van der Waals surface area contributed by atoms with Gasteiger partial charge in [-0.1, -0.05) is 30.3 Å². The Labute approximate surface area is 156 Å². The van der Waals surface area contributed by atoms with E-state index in [4.69, 9.17) is 9.47 Å². The highest BCUT2D eigenvalue weighted by Crippen LogP contribution is 2.36. The molecule has 0 fully saturated rings. The molecule has 0 bridgehead atoms. The number of rotatable bonds is 6. The molecule has 0 saturated carbocycles. The molecular weight excluding hydrogens is 348 g/mol. The van der Waals surface area contributed by atoms with Gasteiger partial charge in [0.05, 0.1) is 12.2 Å². The summed E-state index contributed by atoms with van der Waals surface area (Å²) in [5, 5.41) is 4.51. The molecule has 1 aliphatic carbocycles. The summed E-state index contributed by atoms with van der Waals surface area (Å²) in [6.07, 6.45) is 0.759. The highest BCUT2D eigenvalue weighted by atomic mass is 16.5. The average molecular weight is 368 g/mol. The van der Waals surface area contributed by atoms with Crippen molar-refractivity contribution < 1.29 is 23.9 Å². The van der Waals surface area contributed by atoms with Crippen molar-refractivity contribution in [1.29, 1.82) is 0 Å². The molecule has 0 saturated heterocycles. The lowest BCUT2D eigenvalue weighted by Crippen LogP contribution is -2.42. The summed E-state index contributed by atoms with van der Waals surface area (Å²) in [5.74, 6) is -1.31. The van der Waals surface area contributed by atoms with E-state index < -0.39 is 24.5 Å². The van der Waals surface area contributed by atoms with Crippen LogP contribution in [0.15, 0.2) is 42.5 Å². The molecular formula is C20H20N2O5. The molecule has 7 heteroatoms. The van der Waals surface area contributed by atoms with Gasteiger partial charge in [0.25, 0.3) is 5.91 Å². The van der Waals surface area contributed by atoms with Crippen LogP contribution in [-0.4, -0.2) is 44.8 Å². The molecule has 0 spiro atoms. The molecule has 0 heterocycles. The van der Waals surface area contributed by atoms with E-state index in [0.717, 1.165) is 17.5 Å². The van der Waals surface area contributed by atoms with Crippen molar-refractivity contribution in [3.8, 4) is 11.1 Å². The first kappa shape index (κ1) is 18.6. The predicted molar refractivity (Wildman–Crippen MR) is 98.4 cm³/mol. The van der Waals surface area contributed by atoms with Gasteiger partial charge in [-0.15, -0.1) is 0 Å². The number of urea groups is 1. The van der Waals surface area contributed by atoms with Crippen molar-refractivity contribution in [3.05, 3.63) is 59.2 Å². The maximum atomic E-state index is 12.2. The molecule has 1 aliphatic rings. The second-order valence-electron chi connectivity index (χ2n) is 6.08. The van der Waals surface area contributed by atoms with Crippen LogP contribution in [0.4, 0.5) is 4.79 Å². The molecule has 2 aromatic rings. The first-order chi connectivity index (χ1) is 13.1. The van der Waals surface area contributed by atoms with Gasteiger partial charge in [-0.2, -0.15) is 0 Å². The fraction of sp³-hybridized carbons (Fsp3) is 0.250. The number of methoxy groups -OCH3 is 1. The summed E-state index contributed by atoms with van der Waals surface area (Å²) in [6.45, 7) is 0.0690. The number of carbonyl (C=O) groups excluding carboxylic acids is 3. The van der Waals surface area contributed by atoms with Crippen molar-refractivity contribution in [2.75, 3.05) is 26.9 Å². The summed E-state index contributed by atoms with van der Waals surface area (Å²) in [7, 11) is 1.50. The van der Waals surface area contributed by atoms with Gasteiger partial charge < -0.3 is 14.8 Å². The van der Waals surface area contributed by atoms with Crippen molar-refractivity contribution in [1.82, 2.24) is 10.6 Å². The van der Waals surface area contributed by atoms with E-state index in [2.05, 4.69) is 22.8 Å². The Morgan fingerprint density at radius 1 is 1.04 bits per heavy atom. The third kappa shape index (κ3) is 4.51. The van der Waals surface area contributed by atoms with E-state index in [0.29, 0.717) is 12.2 Å². The maximum absolute atomic E-state index is 12.2. The lowest BCUT2D eigenvalue weighted by Gasteiger charge is -2.08. The lowest BCUT2D eigenvalue weighted by molar-refractivity contribution is -0.123. The molecule has 0 unspecified atom stereocenters. The third-order valence-corrected chi connectivity index (χ3v) is 4.21. The average Bonchev–Trinajstić information content (AvgIpc) is 3.04. The zero-order chi connectivity index (χ0) is 19.2. The topological polar surface area (TPSA) is 93.7 Å². The number of amides is 3. The number of hydrogen-bond acceptors (Lipinski definition) is 5. The largest absolute Gasteiger partial charge is 0.452 e. The number of ether oxygens (including phenoxy) is 2. The lowest BCUT2D eigenvalue weighted by atomic mass is 10.0. The van der Waals surface area contributed by atoms with Crippen LogP contribution < -0.4 is 10.6 Å². The maximum Gasteiger partial charge on any atom is 0.338 e. The summed E-state index contributed by atoms with van der Waals surface area (Å²) in [4.78, 5) is 35.3. The quantitative estimate of drug-likeness (QED) is 0.512. The van der Waals surface area contributed by atoms with Crippen LogP contribution in [0.3, 0.4) is 0 Å². The minimum Gasteiger partial charge on any atom is -0.452 e. The van der Waals surface area contributed by atoms with E-state index in [1.165, 1.54) is 18.2 Å². The van der Waals surface area contributed by atoms with Gasteiger partial charge >= 0.3 is 12.0 Å². The Bertz CT molecular complexity index is 878. The van der Waals surface area contributed by atoms with Gasteiger partial charge in [0, 0.05) is 13.7 Å². The van der Waals surface area contributed by atoms with E-state index in [-0.39, 0.29) is 6.54 Å². The number of benzene rings is 2. The zero-order valence-corrected chi connectivity index (χ0v) is 14.9. The van der Waals surface area contributed by atoms with Gasteiger partial charge in [0.15, 0.2) is 6.61 Å². The molecule has 2 N–H and O–H groups in total. The van der Waals surface area contributed by atoms with Crippen LogP contribution in [0, 0.1) is 0 Å². The number of nitrogens with one attached hydrogen (secondary N) is 2. The highest BCUT2D eigenvalue weighted by molar-refractivity contribution is 5.97. The Morgan fingerprint density at radius 3 is 2.63 bits per heavy atom. The summed E-state index contributed by atoms with van der Waals surface area (Å²) >= 11 is 0. The molecule has 0 aromatic heterocycles. The van der Waals surface area contributed by atoms with Gasteiger partial charge in [-0.05, 0) is 40.8 Å². The Kier molecular flexibility index (Phi) is 5.83. The van der Waals surface area contributed by atoms with Crippen LogP contribution in [0.1, 0.15) is 21.5 Å². The molecule has 140 valence electrons. The van der Waals surface area contributed by atoms with Gasteiger partial charge in [0.2, 0.25) is 0 Å². The summed E-state index contributed by atoms with van der Waals surface area (Å²) < 4.78 is 9.78. The molecule has 7 nitrogen and oxygen atoms in total. The standard InChI is InChI=1S/C20H20N2O5/c1-26-9-8-21-20(25)22-18(23)12-27-19(24)14-6-7-17-15(11-14)10-13-4-2-3-5-16(13)17/h2-7,11H,8-10,12H2,1H3,(H2,21,22,23,25). The minimum absolute atomic E-state index is 0.271. The van der Waals surface area contributed by atoms with Crippen molar-refractivity contribution in [2.24, 2.45) is 0 Å². The Morgan fingerprint density at radius 2 is 1.81 bits per heavy atom. The van der Waals surface area contributed by atoms with E-state index >= 15 is 0 Å². The van der Waals surface area contributed by atoms with Crippen LogP contribution in [0.2, 0.25) is 0 Å². The molecule has 0 atom stereocenters. The van der Waals surface area contributed by atoms with E-state index in [1.54, 1.807) is 12.1 Å². The number of fused-ring (bicyclic) bond motifs is 3. The molecule has 3 rings (SSSR count). The normalized spacial score (nSPS) is 11.3. The number of esters is 1. The SMILES string of the molecule is COCCNC(=O)NC(=O)COC(=O)c1ccc2c(c1)Cc1ccccc1-2. The molecule has 2 aromatic carbocycles. The monoisotopic (exact) mass is 368 g/mol. The van der Waals surface area contributed by atoms with Gasteiger partial charge in [0.1, 0.15) is 0 Å². The van der Waals surface area contributed by atoms with Crippen LogP contribution in [0.5, 0.6) is 0 Å². The van der Waals surface area contributed by atoms with Gasteiger partial charge in [-0.25, -0.2) is 9.59 Å². The first-order valence-corrected chi connectivity index (χ1v) is 8.53. The molecule has 3 amide bonds. The zero-order valence-electron chi connectivity index (χ0n) is 14.9. The second kappa shape index (κ2) is 8.46. The smallest absolute Gasteiger partial charge is 0.338 e. The van der Waals surface area contributed by atoms with Crippen molar-refractivity contribution in [2.45, 2.75) is 6.42 Å².